The van der Waals surface area contributed by atoms with Crippen LogP contribution in [0, 0.1) is 0 Å². The van der Waals surface area contributed by atoms with E-state index in [1.54, 1.807) is 24.4 Å². The van der Waals surface area contributed by atoms with Crippen molar-refractivity contribution in [3.63, 3.8) is 0 Å². The molecule has 3 rings (SSSR count). The summed E-state index contributed by atoms with van der Waals surface area (Å²) in [6.45, 7) is 4.80. The Balaban J connectivity index is 1.83. The van der Waals surface area contributed by atoms with Gasteiger partial charge in [0, 0.05) is 35.6 Å². The Morgan fingerprint density at radius 3 is 2.85 bits per heavy atom. The van der Waals surface area contributed by atoms with Crippen LogP contribution in [0.4, 0.5) is 5.82 Å². The van der Waals surface area contributed by atoms with Crippen LogP contribution in [0.15, 0.2) is 54.7 Å². The molecule has 5 heteroatoms. The molecule has 2 heterocycles. The topological polar surface area (TPSA) is 75.0 Å². The first kappa shape index (κ1) is 17.7. The van der Waals surface area contributed by atoms with Gasteiger partial charge in [-0.2, -0.15) is 0 Å². The van der Waals surface area contributed by atoms with Crippen molar-refractivity contribution in [3.8, 4) is 0 Å². The minimum atomic E-state index is -0.0502. The van der Waals surface area contributed by atoms with Gasteiger partial charge in [0.25, 0.3) is 0 Å². The maximum atomic E-state index is 12.8. The molecule has 26 heavy (non-hydrogen) atoms. The Morgan fingerprint density at radius 1 is 1.31 bits per heavy atom. The fraction of sp³-hybridized carbons (Fsp3) is 0.238. The first-order valence-corrected chi connectivity index (χ1v) is 8.87. The lowest BCUT2D eigenvalue weighted by Crippen LogP contribution is -2.33. The number of nitrogens with one attached hydrogen (secondary N) is 1. The number of anilines is 1. The Bertz CT molecular complexity index is 895. The van der Waals surface area contributed by atoms with Gasteiger partial charge >= 0.3 is 0 Å². The average molecular weight is 348 g/mol. The van der Waals surface area contributed by atoms with Gasteiger partial charge in [0.15, 0.2) is 0 Å². The van der Waals surface area contributed by atoms with E-state index in [-0.39, 0.29) is 11.9 Å². The molecule has 134 valence electrons. The van der Waals surface area contributed by atoms with E-state index in [1.165, 1.54) is 0 Å². The lowest BCUT2D eigenvalue weighted by molar-refractivity contribution is -0.128. The van der Waals surface area contributed by atoms with E-state index < -0.39 is 0 Å². The zero-order valence-corrected chi connectivity index (χ0v) is 15.1. The number of nitrogens with zero attached hydrogens (tertiary/aromatic N) is 2. The van der Waals surface area contributed by atoms with Gasteiger partial charge in [-0.1, -0.05) is 25.1 Å². The van der Waals surface area contributed by atoms with E-state index in [4.69, 9.17) is 5.73 Å². The zero-order valence-electron chi connectivity index (χ0n) is 15.1. The van der Waals surface area contributed by atoms with Crippen molar-refractivity contribution in [3.05, 3.63) is 66.0 Å². The molecule has 1 atom stereocenters. The van der Waals surface area contributed by atoms with Crippen molar-refractivity contribution in [1.29, 1.82) is 0 Å². The van der Waals surface area contributed by atoms with Crippen LogP contribution >= 0.6 is 0 Å². The number of para-hydroxylation sites is 1. The molecule has 0 saturated heterocycles. The standard InChI is InChI=1S/C21H24N4O/c1-3-13-25(20(26)11-10-16-8-6-12-23-21(16)22)15(2)19-14-17-7-4-5-9-18(17)24-19/h4-12,14-15,24H,3,13H2,1-2H3,(H2,22,23). The number of rotatable bonds is 6. The number of pyridine rings is 1. The number of hydrogen-bond acceptors (Lipinski definition) is 3. The minimum Gasteiger partial charge on any atom is -0.383 e. The maximum absolute atomic E-state index is 12.8. The average Bonchev–Trinajstić information content (AvgIpc) is 3.09. The number of carbonyl (C=O) groups excluding carboxylic acids is 1. The van der Waals surface area contributed by atoms with Crippen LogP contribution in [0.5, 0.6) is 0 Å². The smallest absolute Gasteiger partial charge is 0.247 e. The fourth-order valence-electron chi connectivity index (χ4n) is 3.05. The molecule has 3 N–H and O–H groups in total. The van der Waals surface area contributed by atoms with Gasteiger partial charge < -0.3 is 15.6 Å². The lowest BCUT2D eigenvalue weighted by Gasteiger charge is -2.27. The quantitative estimate of drug-likeness (QED) is 0.657. The molecular weight excluding hydrogens is 324 g/mol. The van der Waals surface area contributed by atoms with Gasteiger partial charge in [-0.25, -0.2) is 4.98 Å². The highest BCUT2D eigenvalue weighted by Gasteiger charge is 2.20. The summed E-state index contributed by atoms with van der Waals surface area (Å²) < 4.78 is 0. The van der Waals surface area contributed by atoms with Crippen LogP contribution in [0.1, 0.15) is 37.6 Å². The van der Waals surface area contributed by atoms with Crippen LogP contribution in [-0.2, 0) is 4.79 Å². The van der Waals surface area contributed by atoms with Crippen molar-refractivity contribution in [2.24, 2.45) is 0 Å². The molecule has 0 aliphatic rings. The SMILES string of the molecule is CCCN(C(=O)C=Cc1cccnc1N)C(C)c1cc2ccccc2[nH]1. The molecule has 2 aromatic heterocycles. The third-order valence-corrected chi connectivity index (χ3v) is 4.49. The first-order valence-electron chi connectivity index (χ1n) is 8.87. The van der Waals surface area contributed by atoms with E-state index >= 15 is 0 Å². The molecule has 0 aliphatic heterocycles. The summed E-state index contributed by atoms with van der Waals surface area (Å²) in [4.78, 5) is 22.1. The Morgan fingerprint density at radius 2 is 2.12 bits per heavy atom. The Labute approximate surface area is 153 Å². The second kappa shape index (κ2) is 7.87. The number of hydrogen-bond donors (Lipinski definition) is 2. The van der Waals surface area contributed by atoms with E-state index in [0.717, 1.165) is 28.6 Å². The number of carbonyl (C=O) groups is 1. The lowest BCUT2D eigenvalue weighted by atomic mass is 10.1. The normalized spacial score (nSPS) is 12.5. The molecule has 0 spiro atoms. The summed E-state index contributed by atoms with van der Waals surface area (Å²) in [6.07, 6.45) is 5.82. The van der Waals surface area contributed by atoms with Crippen molar-refractivity contribution in [1.82, 2.24) is 14.9 Å². The molecule has 1 aromatic carbocycles. The highest BCUT2D eigenvalue weighted by atomic mass is 16.2. The summed E-state index contributed by atoms with van der Waals surface area (Å²) >= 11 is 0. The number of nitrogens with two attached hydrogens (primary N) is 1. The highest BCUT2D eigenvalue weighted by molar-refractivity contribution is 5.92. The second-order valence-corrected chi connectivity index (χ2v) is 6.33. The van der Waals surface area contributed by atoms with Crippen molar-refractivity contribution >= 4 is 28.7 Å². The van der Waals surface area contributed by atoms with Crippen LogP contribution in [0.2, 0.25) is 0 Å². The summed E-state index contributed by atoms with van der Waals surface area (Å²) in [5.74, 6) is 0.378. The number of H-pyrrole nitrogens is 1. The summed E-state index contributed by atoms with van der Waals surface area (Å²) in [6, 6.07) is 13.8. The molecule has 0 radical (unpaired) electrons. The van der Waals surface area contributed by atoms with Gasteiger partial charge in [-0.15, -0.1) is 0 Å². The minimum absolute atomic E-state index is 0.0405. The van der Waals surface area contributed by atoms with Gasteiger partial charge in [0.05, 0.1) is 6.04 Å². The van der Waals surface area contributed by atoms with Crippen LogP contribution in [0.3, 0.4) is 0 Å². The highest BCUT2D eigenvalue weighted by Crippen LogP contribution is 2.25. The number of aromatic nitrogens is 2. The van der Waals surface area contributed by atoms with E-state index in [1.807, 2.05) is 36.1 Å². The van der Waals surface area contributed by atoms with Crippen molar-refractivity contribution in [2.45, 2.75) is 26.3 Å². The third-order valence-electron chi connectivity index (χ3n) is 4.49. The van der Waals surface area contributed by atoms with Crippen molar-refractivity contribution < 1.29 is 4.79 Å². The number of fused-ring (bicyclic) bond motifs is 1. The van der Waals surface area contributed by atoms with Gasteiger partial charge in [-0.3, -0.25) is 4.79 Å². The van der Waals surface area contributed by atoms with Crippen molar-refractivity contribution in [2.75, 3.05) is 12.3 Å². The third kappa shape index (κ3) is 3.77. The molecule has 3 aromatic rings. The second-order valence-electron chi connectivity index (χ2n) is 6.33. The van der Waals surface area contributed by atoms with Gasteiger partial charge in [0.1, 0.15) is 5.82 Å². The Hall–Kier alpha value is -3.08. The van der Waals surface area contributed by atoms with Gasteiger partial charge in [-0.05, 0) is 49.1 Å². The largest absolute Gasteiger partial charge is 0.383 e. The fourth-order valence-corrected chi connectivity index (χ4v) is 3.05. The molecule has 0 aliphatic carbocycles. The summed E-state index contributed by atoms with van der Waals surface area (Å²) in [7, 11) is 0. The number of benzene rings is 1. The molecule has 0 fully saturated rings. The molecule has 1 amide bonds. The summed E-state index contributed by atoms with van der Waals surface area (Å²) in [5.41, 5.74) is 8.70. The summed E-state index contributed by atoms with van der Waals surface area (Å²) in [5, 5.41) is 1.15. The first-order chi connectivity index (χ1) is 12.6. The van der Waals surface area contributed by atoms with Crippen LogP contribution in [0.25, 0.3) is 17.0 Å². The zero-order chi connectivity index (χ0) is 18.5. The predicted octanol–water partition coefficient (Wildman–Crippen LogP) is 4.16. The van der Waals surface area contributed by atoms with E-state index in [0.29, 0.717) is 12.4 Å². The van der Waals surface area contributed by atoms with Gasteiger partial charge in [0.2, 0.25) is 5.91 Å². The number of aromatic amines is 1. The molecule has 5 nitrogen and oxygen atoms in total. The van der Waals surface area contributed by atoms with Crippen LogP contribution in [-0.4, -0.2) is 27.3 Å². The molecular formula is C21H24N4O. The predicted molar refractivity (Wildman–Crippen MR) is 106 cm³/mol. The number of nitrogen functional groups attached to an aromatic ring is 1. The maximum Gasteiger partial charge on any atom is 0.247 e. The molecule has 0 bridgehead atoms. The number of amides is 1. The Kier molecular flexibility index (Phi) is 5.37. The van der Waals surface area contributed by atoms with E-state index in [2.05, 4.69) is 29.0 Å². The van der Waals surface area contributed by atoms with E-state index in [9.17, 15) is 4.79 Å². The molecule has 1 unspecified atom stereocenters. The molecule has 0 saturated carbocycles. The van der Waals surface area contributed by atoms with Crippen LogP contribution < -0.4 is 5.73 Å². The monoisotopic (exact) mass is 348 g/mol.